The van der Waals surface area contributed by atoms with Crippen molar-refractivity contribution in [2.24, 2.45) is 0 Å². The number of nitrogens with one attached hydrogen (secondary N) is 1. The van der Waals surface area contributed by atoms with E-state index < -0.39 is 23.1 Å². The summed E-state index contributed by atoms with van der Waals surface area (Å²) in [6.07, 6.45) is 0. The number of ketones is 1. The summed E-state index contributed by atoms with van der Waals surface area (Å²) in [5, 5.41) is 11.5. The first-order valence-corrected chi connectivity index (χ1v) is 7.97. The minimum Gasteiger partial charge on any atom is -0.374 e. The van der Waals surface area contributed by atoms with Crippen molar-refractivity contribution in [2.75, 3.05) is 18.5 Å². The largest absolute Gasteiger partial charge is 0.374 e. The van der Waals surface area contributed by atoms with Gasteiger partial charge in [-0.1, -0.05) is 0 Å². The second-order valence-corrected chi connectivity index (χ2v) is 5.88. The molecule has 0 saturated carbocycles. The summed E-state index contributed by atoms with van der Waals surface area (Å²) >= 11 is 1.95. The van der Waals surface area contributed by atoms with Crippen LogP contribution in [0.5, 0.6) is 0 Å². The molecule has 2 aromatic rings. The van der Waals surface area contributed by atoms with Crippen LogP contribution in [0.15, 0.2) is 24.3 Å². The lowest BCUT2D eigenvalue weighted by atomic mass is 10.1. The van der Waals surface area contributed by atoms with Crippen LogP contribution >= 0.6 is 22.6 Å². The topological polar surface area (TPSA) is 75.0 Å². The van der Waals surface area contributed by atoms with Crippen LogP contribution in [0, 0.1) is 26.5 Å². The molecule has 124 valence electrons. The lowest BCUT2D eigenvalue weighted by molar-refractivity contribution is 0.0783. The molecule has 0 aliphatic rings. The van der Waals surface area contributed by atoms with Gasteiger partial charge in [0.2, 0.25) is 0 Å². The molecule has 0 unspecified atom stereocenters. The molecule has 1 aromatic heterocycles. The van der Waals surface area contributed by atoms with Gasteiger partial charge in [-0.2, -0.15) is 5.26 Å². The highest BCUT2D eigenvalue weighted by atomic mass is 127. The number of hydrogen-bond donors (Lipinski definition) is 1. The van der Waals surface area contributed by atoms with Gasteiger partial charge >= 0.3 is 0 Å². The van der Waals surface area contributed by atoms with Gasteiger partial charge < -0.3 is 10.1 Å². The maximum atomic E-state index is 14.0. The Kier molecular flexibility index (Phi) is 6.16. The molecule has 0 aliphatic heterocycles. The molecule has 0 bridgehead atoms. The smallest absolute Gasteiger partial charge is 0.192 e. The maximum absolute atomic E-state index is 14.0. The Morgan fingerprint density at radius 2 is 2.12 bits per heavy atom. The van der Waals surface area contributed by atoms with Crippen molar-refractivity contribution < 1.29 is 18.3 Å². The Bertz CT molecular complexity index is 822. The number of pyridine rings is 1. The van der Waals surface area contributed by atoms with Gasteiger partial charge in [-0.05, 0) is 53.8 Å². The summed E-state index contributed by atoms with van der Waals surface area (Å²) in [4.78, 5) is 15.9. The summed E-state index contributed by atoms with van der Waals surface area (Å²) in [6.45, 7) is 1.75. The Morgan fingerprint density at radius 3 is 2.75 bits per heavy atom. The molecule has 0 radical (unpaired) electrons. The highest BCUT2D eigenvalue weighted by Gasteiger charge is 2.19. The first kappa shape index (κ1) is 18.2. The van der Waals surface area contributed by atoms with Crippen LogP contribution in [0.2, 0.25) is 0 Å². The van der Waals surface area contributed by atoms with Crippen molar-refractivity contribution in [2.45, 2.75) is 6.92 Å². The van der Waals surface area contributed by atoms with E-state index in [-0.39, 0.29) is 23.7 Å². The number of benzene rings is 1. The number of rotatable bonds is 6. The molecular formula is C16H12F2IN3O2. The standard InChI is InChI=1S/C16H12F2IN3O2/c1-2-24-8-15(23)10-6-12(18)14(7-20)22-16(10)21-13-4-3-9(19)5-11(13)17/h3-6H,2,8H2,1H3,(H,21,22). The summed E-state index contributed by atoms with van der Waals surface area (Å²) in [6, 6.07) is 6.90. The Hall–Kier alpha value is -2.12. The van der Waals surface area contributed by atoms with E-state index in [4.69, 9.17) is 10.00 Å². The summed E-state index contributed by atoms with van der Waals surface area (Å²) in [5.41, 5.74) is -0.543. The molecule has 0 amide bonds. The van der Waals surface area contributed by atoms with E-state index in [1.807, 2.05) is 22.6 Å². The molecule has 1 heterocycles. The lowest BCUT2D eigenvalue weighted by Gasteiger charge is -2.12. The van der Waals surface area contributed by atoms with Gasteiger partial charge in [-0.25, -0.2) is 13.8 Å². The monoisotopic (exact) mass is 443 g/mol. The minimum absolute atomic E-state index is 0.0591. The molecule has 24 heavy (non-hydrogen) atoms. The number of Topliss-reactive ketones (excluding diaryl/α,β-unsaturated/α-hetero) is 1. The number of carbonyl (C=O) groups is 1. The molecule has 0 spiro atoms. The van der Waals surface area contributed by atoms with Crippen LogP contribution in [0.3, 0.4) is 0 Å². The predicted molar refractivity (Wildman–Crippen MR) is 92.1 cm³/mol. The molecule has 0 fully saturated rings. The van der Waals surface area contributed by atoms with Gasteiger partial charge in [0.1, 0.15) is 24.3 Å². The van der Waals surface area contributed by atoms with Crippen LogP contribution < -0.4 is 5.32 Å². The van der Waals surface area contributed by atoms with Gasteiger partial charge in [0.15, 0.2) is 17.3 Å². The Morgan fingerprint density at radius 1 is 1.38 bits per heavy atom. The van der Waals surface area contributed by atoms with Gasteiger partial charge in [0.05, 0.1) is 11.3 Å². The second kappa shape index (κ2) is 8.12. The van der Waals surface area contributed by atoms with Crippen molar-refractivity contribution in [3.63, 3.8) is 0 Å². The molecule has 1 aromatic carbocycles. The zero-order chi connectivity index (χ0) is 17.7. The summed E-state index contributed by atoms with van der Waals surface area (Å²) in [7, 11) is 0. The molecule has 5 nitrogen and oxygen atoms in total. The van der Waals surface area contributed by atoms with Crippen LogP contribution in [-0.2, 0) is 4.74 Å². The predicted octanol–water partition coefficient (Wildman–Crippen LogP) is 3.80. The van der Waals surface area contributed by atoms with E-state index in [1.165, 1.54) is 12.1 Å². The summed E-state index contributed by atoms with van der Waals surface area (Å²) in [5.74, 6) is -2.11. The minimum atomic E-state index is -0.925. The van der Waals surface area contributed by atoms with E-state index in [9.17, 15) is 13.6 Å². The molecule has 0 atom stereocenters. The fourth-order valence-corrected chi connectivity index (χ4v) is 2.32. The zero-order valence-corrected chi connectivity index (χ0v) is 14.7. The van der Waals surface area contributed by atoms with Crippen LogP contribution in [0.4, 0.5) is 20.3 Å². The zero-order valence-electron chi connectivity index (χ0n) is 12.6. The van der Waals surface area contributed by atoms with Crippen LogP contribution in [0.1, 0.15) is 23.0 Å². The number of ether oxygens (including phenoxy) is 1. The van der Waals surface area contributed by atoms with Gasteiger partial charge in [0, 0.05) is 10.2 Å². The third-order valence-corrected chi connectivity index (χ3v) is 3.67. The van der Waals surface area contributed by atoms with Crippen LogP contribution in [0.25, 0.3) is 0 Å². The molecule has 0 saturated heterocycles. The van der Waals surface area contributed by atoms with E-state index in [0.29, 0.717) is 10.2 Å². The van der Waals surface area contributed by atoms with Crippen molar-refractivity contribution >= 4 is 39.9 Å². The van der Waals surface area contributed by atoms with E-state index >= 15 is 0 Å². The summed E-state index contributed by atoms with van der Waals surface area (Å²) < 4.78 is 33.5. The Balaban J connectivity index is 2.46. The number of aromatic nitrogens is 1. The number of halogens is 3. The molecule has 8 heteroatoms. The normalized spacial score (nSPS) is 10.3. The fraction of sp³-hybridized carbons (Fsp3) is 0.188. The van der Waals surface area contributed by atoms with Crippen molar-refractivity contribution in [3.8, 4) is 6.07 Å². The van der Waals surface area contributed by atoms with Gasteiger partial charge in [-0.3, -0.25) is 4.79 Å². The first-order chi connectivity index (χ1) is 11.5. The van der Waals surface area contributed by atoms with Crippen molar-refractivity contribution in [1.29, 1.82) is 5.26 Å². The van der Waals surface area contributed by atoms with Gasteiger partial charge in [0.25, 0.3) is 0 Å². The third kappa shape index (κ3) is 4.24. The third-order valence-electron chi connectivity index (χ3n) is 3.00. The van der Waals surface area contributed by atoms with Crippen molar-refractivity contribution in [3.05, 3.63) is 50.7 Å². The lowest BCUT2D eigenvalue weighted by Crippen LogP contribution is -2.14. The molecule has 1 N–H and O–H groups in total. The SMILES string of the molecule is CCOCC(=O)c1cc(F)c(C#N)nc1Nc1ccc(I)cc1F. The number of nitriles is 1. The average molecular weight is 443 g/mol. The number of hydrogen-bond acceptors (Lipinski definition) is 5. The highest BCUT2D eigenvalue weighted by Crippen LogP contribution is 2.25. The number of nitrogens with zero attached hydrogens (tertiary/aromatic N) is 2. The fourth-order valence-electron chi connectivity index (χ4n) is 1.87. The molecular weight excluding hydrogens is 431 g/mol. The Labute approximate surface area is 150 Å². The molecule has 0 aliphatic carbocycles. The maximum Gasteiger partial charge on any atom is 0.192 e. The number of carbonyl (C=O) groups excluding carboxylic acids is 1. The number of anilines is 2. The van der Waals surface area contributed by atoms with E-state index in [2.05, 4.69) is 10.3 Å². The first-order valence-electron chi connectivity index (χ1n) is 6.90. The average Bonchev–Trinajstić information content (AvgIpc) is 2.56. The highest BCUT2D eigenvalue weighted by molar-refractivity contribution is 14.1. The van der Waals surface area contributed by atoms with Gasteiger partial charge in [-0.15, -0.1) is 0 Å². The second-order valence-electron chi connectivity index (χ2n) is 4.64. The van der Waals surface area contributed by atoms with Crippen molar-refractivity contribution in [1.82, 2.24) is 4.98 Å². The van der Waals surface area contributed by atoms with Crippen LogP contribution in [-0.4, -0.2) is 24.0 Å². The molecule has 2 rings (SSSR count). The van der Waals surface area contributed by atoms with E-state index in [1.54, 1.807) is 19.1 Å². The van der Waals surface area contributed by atoms with E-state index in [0.717, 1.165) is 6.07 Å². The quantitative estimate of drug-likeness (QED) is 0.543.